The number of nitrogens with zero attached hydrogens (tertiary/aromatic N) is 3. The number of hydrogen-bond acceptors (Lipinski definition) is 3. The number of anilines is 3. The third-order valence-corrected chi connectivity index (χ3v) is 3.82. The zero-order valence-corrected chi connectivity index (χ0v) is 9.97. The summed E-state index contributed by atoms with van der Waals surface area (Å²) in [6.45, 7) is 0. The Bertz CT molecular complexity index is 641. The molecule has 4 rings (SSSR count). The quantitative estimate of drug-likeness (QED) is 0.707. The molecule has 0 aliphatic carbocycles. The summed E-state index contributed by atoms with van der Waals surface area (Å²) in [6.07, 6.45) is 2.86. The van der Waals surface area contributed by atoms with Crippen molar-refractivity contribution in [2.24, 2.45) is 0 Å². The van der Waals surface area contributed by atoms with Gasteiger partial charge in [0.15, 0.2) is 5.82 Å². The monoisotopic (exact) mass is 241 g/mol. The molecule has 0 saturated heterocycles. The Morgan fingerprint density at radius 3 is 3.06 bits per heavy atom. The van der Waals surface area contributed by atoms with E-state index in [2.05, 4.69) is 27.9 Å². The summed E-state index contributed by atoms with van der Waals surface area (Å²) in [4.78, 5) is 8.87. The van der Waals surface area contributed by atoms with Gasteiger partial charge in [-0.1, -0.05) is 0 Å². The molecular weight excluding hydrogens is 229 g/mol. The zero-order valence-electron chi connectivity index (χ0n) is 9.97. The van der Waals surface area contributed by atoms with Gasteiger partial charge in [-0.3, -0.25) is 0 Å². The van der Waals surface area contributed by atoms with Gasteiger partial charge >= 0.3 is 0 Å². The highest BCUT2D eigenvalue weighted by Gasteiger charge is 2.41. The molecule has 0 fully saturated rings. The summed E-state index contributed by atoms with van der Waals surface area (Å²) < 4.78 is 13.3. The fourth-order valence-electron chi connectivity index (χ4n) is 2.98. The van der Waals surface area contributed by atoms with E-state index < -0.39 is 0 Å². The van der Waals surface area contributed by atoms with E-state index in [0.717, 1.165) is 29.2 Å². The maximum atomic E-state index is 13.3. The second-order valence-corrected chi connectivity index (χ2v) is 4.78. The molecule has 0 N–H and O–H groups in total. The Morgan fingerprint density at radius 1 is 1.28 bits per heavy atom. The van der Waals surface area contributed by atoms with Crippen molar-refractivity contribution < 1.29 is 4.39 Å². The highest BCUT2D eigenvalue weighted by molar-refractivity contribution is 5.84. The molecule has 1 aromatic heterocycles. The summed E-state index contributed by atoms with van der Waals surface area (Å²) >= 11 is 0. The van der Waals surface area contributed by atoms with E-state index in [1.54, 1.807) is 12.3 Å². The van der Waals surface area contributed by atoms with Crippen LogP contribution in [0.1, 0.15) is 5.56 Å². The van der Waals surface area contributed by atoms with Crippen molar-refractivity contribution in [3.63, 3.8) is 0 Å². The Kier molecular flexibility index (Phi) is 1.77. The molecule has 2 aromatic rings. The minimum atomic E-state index is -0.168. The van der Waals surface area contributed by atoms with Gasteiger partial charge in [0.2, 0.25) is 0 Å². The molecule has 0 amide bonds. The fourth-order valence-corrected chi connectivity index (χ4v) is 2.98. The first-order chi connectivity index (χ1) is 8.75. The van der Waals surface area contributed by atoms with Crippen molar-refractivity contribution in [1.29, 1.82) is 0 Å². The lowest BCUT2D eigenvalue weighted by Gasteiger charge is -2.23. The SMILES string of the molecule is CN1c2cccnc2N2c3ccc(F)cc3CC12. The highest BCUT2D eigenvalue weighted by Crippen LogP contribution is 2.47. The van der Waals surface area contributed by atoms with Crippen molar-refractivity contribution in [2.75, 3.05) is 16.8 Å². The Hall–Kier alpha value is -2.10. The molecule has 3 heterocycles. The number of halogens is 1. The van der Waals surface area contributed by atoms with Crippen LogP contribution in [-0.2, 0) is 6.42 Å². The number of hydrogen-bond donors (Lipinski definition) is 0. The molecule has 4 heteroatoms. The van der Waals surface area contributed by atoms with Crippen molar-refractivity contribution in [2.45, 2.75) is 12.6 Å². The molecule has 0 spiro atoms. The fraction of sp³-hybridized carbons (Fsp3) is 0.214. The normalized spacial score (nSPS) is 19.8. The third-order valence-electron chi connectivity index (χ3n) is 3.82. The molecule has 3 nitrogen and oxygen atoms in total. The van der Waals surface area contributed by atoms with E-state index in [0.29, 0.717) is 0 Å². The number of likely N-dealkylation sites (N-methyl/N-ethyl adjacent to an activating group) is 1. The number of aromatic nitrogens is 1. The van der Waals surface area contributed by atoms with E-state index in [-0.39, 0.29) is 12.0 Å². The van der Waals surface area contributed by atoms with Crippen LogP contribution in [0.25, 0.3) is 0 Å². The predicted molar refractivity (Wildman–Crippen MR) is 68.7 cm³/mol. The second-order valence-electron chi connectivity index (χ2n) is 4.78. The molecule has 1 atom stereocenters. The largest absolute Gasteiger partial charge is 0.351 e. The second kappa shape index (κ2) is 3.22. The van der Waals surface area contributed by atoms with Crippen LogP contribution >= 0.6 is 0 Å². The van der Waals surface area contributed by atoms with E-state index in [1.807, 2.05) is 12.1 Å². The lowest BCUT2D eigenvalue weighted by atomic mass is 10.1. The Morgan fingerprint density at radius 2 is 2.17 bits per heavy atom. The van der Waals surface area contributed by atoms with Crippen LogP contribution in [0.3, 0.4) is 0 Å². The van der Waals surface area contributed by atoms with E-state index in [4.69, 9.17) is 0 Å². The number of fused-ring (bicyclic) bond motifs is 5. The summed E-state index contributed by atoms with van der Waals surface area (Å²) in [5.74, 6) is 0.800. The summed E-state index contributed by atoms with van der Waals surface area (Å²) in [5, 5.41) is 0. The standard InChI is InChI=1S/C14H12FN3/c1-17-12-3-2-6-16-14(12)18-11-5-4-10(15)7-9(11)8-13(17)18/h2-7,13H,8H2,1H3. The first-order valence-electron chi connectivity index (χ1n) is 6.01. The topological polar surface area (TPSA) is 19.4 Å². The molecule has 0 bridgehead atoms. The minimum Gasteiger partial charge on any atom is -0.351 e. The van der Waals surface area contributed by atoms with Crippen molar-refractivity contribution in [1.82, 2.24) is 4.98 Å². The van der Waals surface area contributed by atoms with Crippen LogP contribution in [0.15, 0.2) is 36.5 Å². The van der Waals surface area contributed by atoms with Gasteiger partial charge in [0, 0.05) is 25.4 Å². The molecule has 0 saturated carbocycles. The average molecular weight is 241 g/mol. The Labute approximate surface area is 104 Å². The summed E-state index contributed by atoms with van der Waals surface area (Å²) in [7, 11) is 2.06. The smallest absolute Gasteiger partial charge is 0.158 e. The zero-order chi connectivity index (χ0) is 12.3. The molecule has 0 radical (unpaired) electrons. The minimum absolute atomic E-state index is 0.168. The first kappa shape index (κ1) is 9.88. The molecular formula is C14H12FN3. The third kappa shape index (κ3) is 1.10. The number of benzene rings is 1. The van der Waals surface area contributed by atoms with Gasteiger partial charge in [-0.15, -0.1) is 0 Å². The van der Waals surface area contributed by atoms with Gasteiger partial charge < -0.3 is 9.80 Å². The molecule has 1 aromatic carbocycles. The van der Waals surface area contributed by atoms with Gasteiger partial charge in [0.1, 0.15) is 12.0 Å². The van der Waals surface area contributed by atoms with Crippen molar-refractivity contribution in [3.8, 4) is 0 Å². The van der Waals surface area contributed by atoms with Crippen molar-refractivity contribution in [3.05, 3.63) is 47.9 Å². The highest BCUT2D eigenvalue weighted by atomic mass is 19.1. The van der Waals surface area contributed by atoms with Gasteiger partial charge in [-0.25, -0.2) is 9.37 Å². The lowest BCUT2D eigenvalue weighted by molar-refractivity contribution is 0.625. The Balaban J connectivity index is 1.93. The van der Waals surface area contributed by atoms with Crippen LogP contribution in [0, 0.1) is 5.82 Å². The van der Waals surface area contributed by atoms with Crippen LogP contribution in [0.5, 0.6) is 0 Å². The van der Waals surface area contributed by atoms with E-state index >= 15 is 0 Å². The summed E-state index contributed by atoms with van der Waals surface area (Å²) in [5.41, 5.74) is 3.27. The van der Waals surface area contributed by atoms with Gasteiger partial charge in [-0.05, 0) is 35.9 Å². The molecule has 1 unspecified atom stereocenters. The number of pyridine rings is 1. The number of rotatable bonds is 0. The molecule has 2 aliphatic rings. The van der Waals surface area contributed by atoms with Gasteiger partial charge in [0.05, 0.1) is 5.69 Å². The van der Waals surface area contributed by atoms with Crippen LogP contribution in [0.4, 0.5) is 21.6 Å². The maximum absolute atomic E-state index is 13.3. The lowest BCUT2D eigenvalue weighted by Crippen LogP contribution is -2.36. The predicted octanol–water partition coefficient (Wildman–Crippen LogP) is 2.69. The van der Waals surface area contributed by atoms with Crippen molar-refractivity contribution >= 4 is 17.2 Å². The molecule has 2 aliphatic heterocycles. The molecule has 18 heavy (non-hydrogen) atoms. The molecule has 90 valence electrons. The van der Waals surface area contributed by atoms with Gasteiger partial charge in [0.25, 0.3) is 0 Å². The van der Waals surface area contributed by atoms with Crippen LogP contribution in [-0.4, -0.2) is 18.2 Å². The first-order valence-corrected chi connectivity index (χ1v) is 6.01. The van der Waals surface area contributed by atoms with Gasteiger partial charge in [-0.2, -0.15) is 0 Å². The summed E-state index contributed by atoms with van der Waals surface area (Å²) in [6, 6.07) is 9.02. The maximum Gasteiger partial charge on any atom is 0.158 e. The van der Waals surface area contributed by atoms with E-state index in [1.165, 1.54) is 6.07 Å². The average Bonchev–Trinajstić information content (AvgIpc) is 2.87. The van der Waals surface area contributed by atoms with Crippen LogP contribution < -0.4 is 9.80 Å². The van der Waals surface area contributed by atoms with E-state index in [9.17, 15) is 4.39 Å². The van der Waals surface area contributed by atoms with Crippen LogP contribution in [0.2, 0.25) is 0 Å².